The van der Waals surface area contributed by atoms with Gasteiger partial charge in [0, 0.05) is 35.1 Å². The minimum Gasteiger partial charge on any atom is -0.492 e. The number of ether oxygens (including phenoxy) is 1. The van der Waals surface area contributed by atoms with E-state index in [0.29, 0.717) is 11.7 Å². The highest BCUT2D eigenvalue weighted by Gasteiger charge is 2.16. The maximum Gasteiger partial charge on any atom is 0.269 e. The van der Waals surface area contributed by atoms with Crippen molar-refractivity contribution < 1.29 is 9.66 Å². The molecule has 0 unspecified atom stereocenters. The van der Waals surface area contributed by atoms with E-state index in [-0.39, 0.29) is 5.69 Å². The molecule has 3 aromatic rings. The molecule has 0 bridgehead atoms. The molecule has 2 heterocycles. The Morgan fingerprint density at radius 2 is 2.00 bits per heavy atom. The Hall–Kier alpha value is -3.26. The average molecular weight is 366 g/mol. The summed E-state index contributed by atoms with van der Waals surface area (Å²) in [6.45, 7) is 0.601. The number of hydrazone groups is 1. The Morgan fingerprint density at radius 3 is 2.81 bits per heavy atom. The summed E-state index contributed by atoms with van der Waals surface area (Å²) in [5.74, 6) is 0.838. The van der Waals surface area contributed by atoms with Gasteiger partial charge >= 0.3 is 0 Å². The van der Waals surface area contributed by atoms with Crippen LogP contribution in [0.4, 0.5) is 10.8 Å². The topological polar surface area (TPSA) is 89.7 Å². The molecule has 4 rings (SSSR count). The molecule has 26 heavy (non-hydrogen) atoms. The minimum atomic E-state index is -0.417. The van der Waals surface area contributed by atoms with E-state index >= 15 is 0 Å². The van der Waals surface area contributed by atoms with Crippen molar-refractivity contribution in [2.24, 2.45) is 5.10 Å². The molecule has 0 aliphatic carbocycles. The maximum absolute atomic E-state index is 10.7. The van der Waals surface area contributed by atoms with Crippen molar-refractivity contribution in [3.8, 4) is 17.0 Å². The second-order valence-electron chi connectivity index (χ2n) is 5.61. The van der Waals surface area contributed by atoms with Crippen molar-refractivity contribution in [2.75, 3.05) is 12.0 Å². The van der Waals surface area contributed by atoms with Crippen LogP contribution in [-0.2, 0) is 0 Å². The summed E-state index contributed by atoms with van der Waals surface area (Å²) in [4.78, 5) is 14.8. The number of thiazole rings is 1. The van der Waals surface area contributed by atoms with Gasteiger partial charge in [-0.3, -0.25) is 15.5 Å². The summed E-state index contributed by atoms with van der Waals surface area (Å²) in [5, 5.41) is 17.8. The third kappa shape index (κ3) is 3.27. The van der Waals surface area contributed by atoms with Crippen LogP contribution in [0.5, 0.6) is 5.75 Å². The summed E-state index contributed by atoms with van der Waals surface area (Å²) in [7, 11) is 0. The molecule has 0 atom stereocenters. The first kappa shape index (κ1) is 16.2. The number of nitrogens with one attached hydrogen (secondary N) is 1. The molecule has 2 aromatic carbocycles. The fourth-order valence-corrected chi connectivity index (χ4v) is 3.33. The molecule has 8 heteroatoms. The maximum atomic E-state index is 10.7. The van der Waals surface area contributed by atoms with E-state index in [1.165, 1.54) is 23.5 Å². The smallest absolute Gasteiger partial charge is 0.269 e. The third-order valence-electron chi connectivity index (χ3n) is 3.96. The molecular weight excluding hydrogens is 352 g/mol. The summed E-state index contributed by atoms with van der Waals surface area (Å²) in [5.41, 5.74) is 6.56. The summed E-state index contributed by atoms with van der Waals surface area (Å²) in [6, 6.07) is 14.1. The second-order valence-corrected chi connectivity index (χ2v) is 6.46. The first-order valence-electron chi connectivity index (χ1n) is 7.96. The number of rotatable bonds is 4. The number of aromatic nitrogens is 1. The van der Waals surface area contributed by atoms with Gasteiger partial charge in [0.25, 0.3) is 5.69 Å². The van der Waals surface area contributed by atoms with E-state index in [1.54, 1.807) is 12.1 Å². The molecule has 0 fully saturated rings. The summed E-state index contributed by atoms with van der Waals surface area (Å²) >= 11 is 1.43. The van der Waals surface area contributed by atoms with Crippen LogP contribution in [0.1, 0.15) is 12.0 Å². The van der Waals surface area contributed by atoms with Crippen LogP contribution in [0.3, 0.4) is 0 Å². The molecule has 0 saturated heterocycles. The van der Waals surface area contributed by atoms with Crippen molar-refractivity contribution in [2.45, 2.75) is 6.42 Å². The standard InChI is InChI=1S/C18H14N4O3S/c23-22(24)13-7-5-12(6-8-13)16-11-26-18(19-16)21-20-15-9-10-25-17-4-2-1-3-14(15)17/h1-8,11H,9-10H2,(H,19,21)/b20-15+. The summed E-state index contributed by atoms with van der Waals surface area (Å²) < 4.78 is 5.62. The first-order chi connectivity index (χ1) is 12.7. The lowest BCUT2D eigenvalue weighted by molar-refractivity contribution is -0.384. The quantitative estimate of drug-likeness (QED) is 0.549. The molecular formula is C18H14N4O3S. The van der Waals surface area contributed by atoms with Crippen LogP contribution in [0, 0.1) is 10.1 Å². The van der Waals surface area contributed by atoms with E-state index in [9.17, 15) is 10.1 Å². The number of benzene rings is 2. The number of nitro groups is 1. The molecule has 7 nitrogen and oxygen atoms in total. The van der Waals surface area contributed by atoms with Gasteiger partial charge in [-0.15, -0.1) is 11.3 Å². The van der Waals surface area contributed by atoms with Gasteiger partial charge in [-0.25, -0.2) is 4.98 Å². The Labute approximate surface area is 153 Å². The van der Waals surface area contributed by atoms with Crippen LogP contribution >= 0.6 is 11.3 Å². The first-order valence-corrected chi connectivity index (χ1v) is 8.84. The highest BCUT2D eigenvalue weighted by molar-refractivity contribution is 7.14. The van der Waals surface area contributed by atoms with Gasteiger partial charge in [0.2, 0.25) is 5.13 Å². The fourth-order valence-electron chi connectivity index (χ4n) is 2.67. The lowest BCUT2D eigenvalue weighted by atomic mass is 10.0. The number of non-ortho nitro benzene ring substituents is 1. The third-order valence-corrected chi connectivity index (χ3v) is 4.71. The molecule has 130 valence electrons. The monoisotopic (exact) mass is 366 g/mol. The number of anilines is 1. The Bertz CT molecular complexity index is 982. The van der Waals surface area contributed by atoms with Crippen LogP contribution in [0.2, 0.25) is 0 Å². The molecule has 0 radical (unpaired) electrons. The Kier molecular flexibility index (Phi) is 4.32. The SMILES string of the molecule is O=[N+]([O-])c1ccc(-c2csc(N/N=C3\CCOc4ccccc43)n2)cc1. The molecule has 0 spiro atoms. The fraction of sp³-hybridized carbons (Fsp3) is 0.111. The van der Waals surface area contributed by atoms with Crippen molar-refractivity contribution in [3.63, 3.8) is 0 Å². The van der Waals surface area contributed by atoms with Crippen molar-refractivity contribution in [1.29, 1.82) is 0 Å². The van der Waals surface area contributed by atoms with E-state index in [2.05, 4.69) is 15.5 Å². The normalized spacial score (nSPS) is 14.5. The zero-order valence-corrected chi connectivity index (χ0v) is 14.4. The van der Waals surface area contributed by atoms with Gasteiger partial charge in [-0.05, 0) is 24.3 Å². The van der Waals surface area contributed by atoms with Crippen LogP contribution in [0.25, 0.3) is 11.3 Å². The van der Waals surface area contributed by atoms with Crippen molar-refractivity contribution in [1.82, 2.24) is 4.98 Å². The van der Waals surface area contributed by atoms with Gasteiger partial charge in [-0.1, -0.05) is 12.1 Å². The number of hydrogen-bond acceptors (Lipinski definition) is 7. The number of hydrogen-bond donors (Lipinski definition) is 1. The van der Waals surface area contributed by atoms with Gasteiger partial charge in [0.15, 0.2) is 0 Å². The predicted octanol–water partition coefficient (Wildman–Crippen LogP) is 4.32. The largest absolute Gasteiger partial charge is 0.492 e. The Morgan fingerprint density at radius 1 is 1.19 bits per heavy atom. The number of para-hydroxylation sites is 1. The molecule has 1 N–H and O–H groups in total. The lowest BCUT2D eigenvalue weighted by Gasteiger charge is -2.18. The number of fused-ring (bicyclic) bond motifs is 1. The zero-order valence-electron chi connectivity index (χ0n) is 13.6. The average Bonchev–Trinajstić information content (AvgIpc) is 3.15. The molecule has 0 saturated carbocycles. The highest BCUT2D eigenvalue weighted by atomic mass is 32.1. The summed E-state index contributed by atoms with van der Waals surface area (Å²) in [6.07, 6.45) is 0.727. The van der Waals surface area contributed by atoms with Gasteiger partial charge in [0.1, 0.15) is 5.75 Å². The van der Waals surface area contributed by atoms with Crippen LogP contribution < -0.4 is 10.2 Å². The van der Waals surface area contributed by atoms with E-state index in [0.717, 1.165) is 34.7 Å². The van der Waals surface area contributed by atoms with E-state index < -0.39 is 4.92 Å². The van der Waals surface area contributed by atoms with Gasteiger partial charge in [0.05, 0.1) is 22.9 Å². The van der Waals surface area contributed by atoms with E-state index in [1.807, 2.05) is 29.6 Å². The van der Waals surface area contributed by atoms with Crippen molar-refractivity contribution >= 4 is 27.9 Å². The molecule has 1 aliphatic rings. The van der Waals surface area contributed by atoms with Crippen LogP contribution in [-0.4, -0.2) is 22.2 Å². The number of nitrogens with zero attached hydrogens (tertiary/aromatic N) is 3. The van der Waals surface area contributed by atoms with E-state index in [4.69, 9.17) is 4.74 Å². The van der Waals surface area contributed by atoms with Gasteiger partial charge in [-0.2, -0.15) is 5.10 Å². The second kappa shape index (κ2) is 6.93. The van der Waals surface area contributed by atoms with Gasteiger partial charge < -0.3 is 4.74 Å². The lowest BCUT2D eigenvalue weighted by Crippen LogP contribution is -2.17. The van der Waals surface area contributed by atoms with Crippen molar-refractivity contribution in [3.05, 3.63) is 69.6 Å². The molecule has 0 amide bonds. The Balaban J connectivity index is 1.52. The molecule has 1 aliphatic heterocycles. The molecule has 1 aromatic heterocycles. The zero-order chi connectivity index (χ0) is 17.9. The number of nitro benzene ring substituents is 1. The predicted molar refractivity (Wildman–Crippen MR) is 101 cm³/mol. The van der Waals surface area contributed by atoms with Crippen LogP contribution in [0.15, 0.2) is 59.0 Å². The highest BCUT2D eigenvalue weighted by Crippen LogP contribution is 2.28. The minimum absolute atomic E-state index is 0.0620.